The van der Waals surface area contributed by atoms with Crippen LogP contribution in [0.2, 0.25) is 0 Å². The van der Waals surface area contributed by atoms with E-state index in [0.717, 1.165) is 32.6 Å². The lowest BCUT2D eigenvalue weighted by molar-refractivity contribution is -0.121. The summed E-state index contributed by atoms with van der Waals surface area (Å²) in [4.78, 5) is 25.4. The molecule has 0 aromatic rings. The third-order valence-electron chi connectivity index (χ3n) is 3.48. The van der Waals surface area contributed by atoms with Crippen LogP contribution in [0.25, 0.3) is 0 Å². The lowest BCUT2D eigenvalue weighted by atomic mass is 9.99. The van der Waals surface area contributed by atoms with Crippen LogP contribution < -0.4 is 16.0 Å². The first-order chi connectivity index (χ1) is 10.2. The van der Waals surface area contributed by atoms with Crippen LogP contribution in [0.1, 0.15) is 26.2 Å². The number of nitrogens with zero attached hydrogens (tertiary/aromatic N) is 1. The number of hydrogen-bond acceptors (Lipinski definition) is 4. The first kappa shape index (κ1) is 17.7. The third kappa shape index (κ3) is 7.82. The van der Waals surface area contributed by atoms with Crippen LogP contribution in [0.3, 0.4) is 0 Å². The summed E-state index contributed by atoms with van der Waals surface area (Å²) in [6.45, 7) is 10.1. The molecule has 120 valence electrons. The van der Waals surface area contributed by atoms with Crippen molar-refractivity contribution < 1.29 is 9.59 Å². The zero-order chi connectivity index (χ0) is 15.5. The van der Waals surface area contributed by atoms with Crippen molar-refractivity contribution in [3.63, 3.8) is 0 Å². The SMILES string of the molecule is C=CCNC(=O)NC(=O)CN(CCC)CC1CCCNC1. The second-order valence-corrected chi connectivity index (χ2v) is 5.49. The largest absolute Gasteiger partial charge is 0.334 e. The van der Waals surface area contributed by atoms with Gasteiger partial charge in [0.05, 0.1) is 6.54 Å². The second kappa shape index (κ2) is 10.3. The molecule has 6 heteroatoms. The summed E-state index contributed by atoms with van der Waals surface area (Å²) in [7, 11) is 0. The van der Waals surface area contributed by atoms with Gasteiger partial charge in [-0.2, -0.15) is 0 Å². The molecule has 0 saturated carbocycles. The first-order valence-corrected chi connectivity index (χ1v) is 7.77. The number of carbonyl (C=O) groups is 2. The minimum Gasteiger partial charge on any atom is -0.334 e. The van der Waals surface area contributed by atoms with Gasteiger partial charge in [-0.15, -0.1) is 6.58 Å². The monoisotopic (exact) mass is 296 g/mol. The molecule has 0 bridgehead atoms. The van der Waals surface area contributed by atoms with Crippen LogP contribution >= 0.6 is 0 Å². The van der Waals surface area contributed by atoms with Crippen LogP contribution in [-0.2, 0) is 4.79 Å². The van der Waals surface area contributed by atoms with Gasteiger partial charge in [-0.05, 0) is 44.8 Å². The van der Waals surface area contributed by atoms with Crippen molar-refractivity contribution in [2.45, 2.75) is 26.2 Å². The van der Waals surface area contributed by atoms with E-state index in [1.165, 1.54) is 12.8 Å². The van der Waals surface area contributed by atoms with Crippen molar-refractivity contribution in [2.24, 2.45) is 5.92 Å². The number of piperidine rings is 1. The van der Waals surface area contributed by atoms with Gasteiger partial charge in [0.15, 0.2) is 0 Å². The number of urea groups is 1. The molecule has 0 aliphatic carbocycles. The summed E-state index contributed by atoms with van der Waals surface area (Å²) in [6.07, 6.45) is 4.97. The highest BCUT2D eigenvalue weighted by molar-refractivity contribution is 5.95. The summed E-state index contributed by atoms with van der Waals surface area (Å²) < 4.78 is 0. The minimum atomic E-state index is -0.462. The van der Waals surface area contributed by atoms with Crippen molar-refractivity contribution in [3.05, 3.63) is 12.7 Å². The summed E-state index contributed by atoms with van der Waals surface area (Å²) in [5.41, 5.74) is 0. The molecule has 1 rings (SSSR count). The quantitative estimate of drug-likeness (QED) is 0.577. The Labute approximate surface area is 127 Å². The maximum atomic E-state index is 11.9. The van der Waals surface area contributed by atoms with Gasteiger partial charge >= 0.3 is 6.03 Å². The molecule has 1 aliphatic heterocycles. The molecule has 1 atom stereocenters. The molecule has 0 aromatic heterocycles. The van der Waals surface area contributed by atoms with E-state index in [1.54, 1.807) is 6.08 Å². The predicted molar refractivity (Wildman–Crippen MR) is 84.1 cm³/mol. The Morgan fingerprint density at radius 1 is 1.48 bits per heavy atom. The highest BCUT2D eigenvalue weighted by Crippen LogP contribution is 2.11. The Hall–Kier alpha value is -1.40. The van der Waals surface area contributed by atoms with Gasteiger partial charge in [-0.1, -0.05) is 13.0 Å². The molecule has 1 heterocycles. The summed E-state index contributed by atoms with van der Waals surface area (Å²) in [5.74, 6) is 0.335. The van der Waals surface area contributed by atoms with Crippen LogP contribution in [0.15, 0.2) is 12.7 Å². The Kier molecular flexibility index (Phi) is 8.69. The Balaban J connectivity index is 2.35. The zero-order valence-corrected chi connectivity index (χ0v) is 13.0. The van der Waals surface area contributed by atoms with Crippen molar-refractivity contribution in [1.82, 2.24) is 20.9 Å². The molecule has 3 amide bonds. The molecule has 1 saturated heterocycles. The van der Waals surface area contributed by atoms with Crippen LogP contribution in [0.5, 0.6) is 0 Å². The standard InChI is InChI=1S/C15H28N4O2/c1-3-7-17-15(21)18-14(20)12-19(9-4-2)11-13-6-5-8-16-10-13/h3,13,16H,1,4-12H2,2H3,(H2,17,18,20,21). The van der Waals surface area contributed by atoms with E-state index in [-0.39, 0.29) is 12.5 Å². The van der Waals surface area contributed by atoms with Gasteiger partial charge in [0.25, 0.3) is 0 Å². The van der Waals surface area contributed by atoms with Crippen molar-refractivity contribution >= 4 is 11.9 Å². The number of hydrogen-bond donors (Lipinski definition) is 3. The third-order valence-corrected chi connectivity index (χ3v) is 3.48. The topological polar surface area (TPSA) is 73.5 Å². The second-order valence-electron chi connectivity index (χ2n) is 5.49. The van der Waals surface area contributed by atoms with Gasteiger partial charge < -0.3 is 10.6 Å². The lowest BCUT2D eigenvalue weighted by Gasteiger charge is -2.29. The van der Waals surface area contributed by atoms with E-state index in [9.17, 15) is 9.59 Å². The van der Waals surface area contributed by atoms with E-state index in [2.05, 4.69) is 34.4 Å². The number of carbonyl (C=O) groups excluding carboxylic acids is 2. The smallest absolute Gasteiger partial charge is 0.321 e. The van der Waals surface area contributed by atoms with Crippen LogP contribution in [0.4, 0.5) is 4.79 Å². The zero-order valence-electron chi connectivity index (χ0n) is 13.0. The molecule has 21 heavy (non-hydrogen) atoms. The van der Waals surface area contributed by atoms with E-state index in [1.807, 2.05) is 0 Å². The molecule has 1 fully saturated rings. The molecular formula is C15H28N4O2. The van der Waals surface area contributed by atoms with Crippen molar-refractivity contribution in [3.8, 4) is 0 Å². The van der Waals surface area contributed by atoms with Crippen molar-refractivity contribution in [1.29, 1.82) is 0 Å². The number of imide groups is 1. The average Bonchev–Trinajstić information content (AvgIpc) is 2.46. The molecule has 3 N–H and O–H groups in total. The predicted octanol–water partition coefficient (Wildman–Crippen LogP) is 0.710. The van der Waals surface area contributed by atoms with E-state index in [4.69, 9.17) is 0 Å². The Morgan fingerprint density at radius 2 is 2.29 bits per heavy atom. The normalized spacial score (nSPS) is 18.3. The number of nitrogens with one attached hydrogen (secondary N) is 3. The Morgan fingerprint density at radius 3 is 2.90 bits per heavy atom. The molecule has 0 aromatic carbocycles. The fourth-order valence-corrected chi connectivity index (χ4v) is 2.57. The molecular weight excluding hydrogens is 268 g/mol. The summed E-state index contributed by atoms with van der Waals surface area (Å²) in [6, 6.07) is -0.462. The van der Waals surface area contributed by atoms with Gasteiger partial charge in [-0.25, -0.2) is 4.79 Å². The molecule has 1 aliphatic rings. The van der Waals surface area contributed by atoms with E-state index < -0.39 is 6.03 Å². The van der Waals surface area contributed by atoms with E-state index >= 15 is 0 Å². The fourth-order valence-electron chi connectivity index (χ4n) is 2.57. The van der Waals surface area contributed by atoms with E-state index in [0.29, 0.717) is 12.5 Å². The maximum Gasteiger partial charge on any atom is 0.321 e. The van der Waals surface area contributed by atoms with Gasteiger partial charge in [-0.3, -0.25) is 15.0 Å². The first-order valence-electron chi connectivity index (χ1n) is 7.77. The molecule has 1 unspecified atom stereocenters. The lowest BCUT2D eigenvalue weighted by Crippen LogP contribution is -2.46. The average molecular weight is 296 g/mol. The molecule has 0 spiro atoms. The number of rotatable bonds is 8. The van der Waals surface area contributed by atoms with Gasteiger partial charge in [0.2, 0.25) is 5.91 Å². The van der Waals surface area contributed by atoms with Crippen LogP contribution in [-0.4, -0.2) is 56.1 Å². The summed E-state index contributed by atoms with van der Waals surface area (Å²) in [5, 5.41) is 8.27. The van der Waals surface area contributed by atoms with Crippen LogP contribution in [0, 0.1) is 5.92 Å². The minimum absolute atomic E-state index is 0.256. The van der Waals surface area contributed by atoms with Gasteiger partial charge in [0.1, 0.15) is 0 Å². The van der Waals surface area contributed by atoms with Crippen molar-refractivity contribution in [2.75, 3.05) is 39.3 Å². The number of amides is 3. The fraction of sp³-hybridized carbons (Fsp3) is 0.733. The highest BCUT2D eigenvalue weighted by Gasteiger charge is 2.19. The molecule has 6 nitrogen and oxygen atoms in total. The maximum absolute atomic E-state index is 11.9. The highest BCUT2D eigenvalue weighted by atomic mass is 16.2. The Bertz CT molecular complexity index is 341. The summed E-state index contributed by atoms with van der Waals surface area (Å²) >= 11 is 0. The van der Waals surface area contributed by atoms with Gasteiger partial charge in [0, 0.05) is 13.1 Å². The molecule has 0 radical (unpaired) electrons.